The van der Waals surface area contributed by atoms with Gasteiger partial charge in [-0.2, -0.15) is 0 Å². The standard InChI is InChI=1S/C21H26N2O3/c1-2-25-19-13-7-6-12-18(19)23-21(24)20(16-9-4-3-5-10-16)22-15-17-11-8-14-26-17/h3-7,9-10,12-13,17,20,22H,2,8,11,14-15H2,1H3,(H,23,24)/p+1/t17-,20-/m1/s1. The van der Waals surface area contributed by atoms with Crippen LogP contribution in [-0.4, -0.2) is 31.8 Å². The minimum atomic E-state index is -0.324. The number of carbonyl (C=O) groups excluding carboxylic acids is 1. The molecule has 0 unspecified atom stereocenters. The number of carbonyl (C=O) groups is 1. The molecule has 0 saturated carbocycles. The summed E-state index contributed by atoms with van der Waals surface area (Å²) in [5, 5.41) is 5.11. The number of amides is 1. The average Bonchev–Trinajstić information content (AvgIpc) is 3.18. The zero-order chi connectivity index (χ0) is 18.2. The number of ether oxygens (including phenoxy) is 2. The van der Waals surface area contributed by atoms with Crippen LogP contribution in [0.2, 0.25) is 0 Å². The molecule has 3 rings (SSSR count). The van der Waals surface area contributed by atoms with Gasteiger partial charge in [0.15, 0.2) is 6.04 Å². The van der Waals surface area contributed by atoms with Crippen LogP contribution in [0.5, 0.6) is 5.75 Å². The monoisotopic (exact) mass is 355 g/mol. The number of benzene rings is 2. The fourth-order valence-corrected chi connectivity index (χ4v) is 3.23. The summed E-state index contributed by atoms with van der Waals surface area (Å²) in [6, 6.07) is 17.1. The van der Waals surface area contributed by atoms with Gasteiger partial charge in [0.2, 0.25) is 0 Å². The molecule has 138 valence electrons. The van der Waals surface area contributed by atoms with Crippen molar-refractivity contribution in [3.63, 3.8) is 0 Å². The largest absolute Gasteiger partial charge is 0.492 e. The van der Waals surface area contributed by atoms with Crippen molar-refractivity contribution in [1.29, 1.82) is 0 Å². The van der Waals surface area contributed by atoms with Crippen LogP contribution in [0, 0.1) is 0 Å². The number of hydrogen-bond donors (Lipinski definition) is 2. The Hall–Kier alpha value is -2.37. The van der Waals surface area contributed by atoms with Crippen LogP contribution >= 0.6 is 0 Å². The topological polar surface area (TPSA) is 64.2 Å². The van der Waals surface area contributed by atoms with Crippen molar-refractivity contribution in [1.82, 2.24) is 0 Å². The van der Waals surface area contributed by atoms with E-state index in [1.54, 1.807) is 0 Å². The molecule has 2 atom stereocenters. The maximum absolute atomic E-state index is 13.0. The van der Waals surface area contributed by atoms with Crippen LogP contribution < -0.4 is 15.4 Å². The number of anilines is 1. The average molecular weight is 355 g/mol. The van der Waals surface area contributed by atoms with Gasteiger partial charge in [0.05, 0.1) is 12.3 Å². The van der Waals surface area contributed by atoms with Crippen LogP contribution in [0.1, 0.15) is 31.4 Å². The Bertz CT molecular complexity index is 699. The van der Waals surface area contributed by atoms with Gasteiger partial charge < -0.3 is 20.1 Å². The third-order valence-corrected chi connectivity index (χ3v) is 4.54. The second-order valence-electron chi connectivity index (χ2n) is 6.41. The van der Waals surface area contributed by atoms with Crippen molar-refractivity contribution >= 4 is 11.6 Å². The Morgan fingerprint density at radius 1 is 1.23 bits per heavy atom. The summed E-state index contributed by atoms with van der Waals surface area (Å²) >= 11 is 0. The zero-order valence-corrected chi connectivity index (χ0v) is 15.2. The number of para-hydroxylation sites is 2. The Morgan fingerprint density at radius 3 is 2.73 bits per heavy atom. The van der Waals surface area contributed by atoms with Gasteiger partial charge in [0.25, 0.3) is 5.91 Å². The lowest BCUT2D eigenvalue weighted by Crippen LogP contribution is -2.89. The van der Waals surface area contributed by atoms with E-state index in [1.807, 2.05) is 61.5 Å². The van der Waals surface area contributed by atoms with Gasteiger partial charge in [0.1, 0.15) is 18.4 Å². The summed E-state index contributed by atoms with van der Waals surface area (Å²) in [5.74, 6) is 0.635. The molecule has 0 bridgehead atoms. The molecule has 0 aliphatic carbocycles. The second kappa shape index (κ2) is 9.36. The van der Waals surface area contributed by atoms with Gasteiger partial charge in [-0.25, -0.2) is 0 Å². The summed E-state index contributed by atoms with van der Waals surface area (Å²) in [6.07, 6.45) is 2.39. The molecule has 1 aliphatic heterocycles. The van der Waals surface area contributed by atoms with Gasteiger partial charge in [-0.1, -0.05) is 42.5 Å². The maximum Gasteiger partial charge on any atom is 0.287 e. The quantitative estimate of drug-likeness (QED) is 0.765. The molecular formula is C21H27N2O3+. The zero-order valence-electron chi connectivity index (χ0n) is 15.2. The fourth-order valence-electron chi connectivity index (χ4n) is 3.23. The molecule has 0 radical (unpaired) electrons. The second-order valence-corrected chi connectivity index (χ2v) is 6.41. The van der Waals surface area contributed by atoms with E-state index < -0.39 is 0 Å². The minimum absolute atomic E-state index is 0.0543. The van der Waals surface area contributed by atoms with E-state index in [0.717, 1.165) is 31.6 Å². The molecule has 0 spiro atoms. The van der Waals surface area contributed by atoms with Gasteiger partial charge in [0, 0.05) is 12.2 Å². The van der Waals surface area contributed by atoms with Gasteiger partial charge in [-0.15, -0.1) is 0 Å². The Balaban J connectivity index is 1.74. The smallest absolute Gasteiger partial charge is 0.287 e. The highest BCUT2D eigenvalue weighted by atomic mass is 16.5. The van der Waals surface area contributed by atoms with Crippen molar-refractivity contribution in [2.75, 3.05) is 25.1 Å². The highest BCUT2D eigenvalue weighted by Crippen LogP contribution is 2.24. The van der Waals surface area contributed by atoms with Crippen molar-refractivity contribution in [2.24, 2.45) is 0 Å². The van der Waals surface area contributed by atoms with E-state index in [9.17, 15) is 4.79 Å². The molecule has 1 amide bonds. The summed E-state index contributed by atoms with van der Waals surface area (Å²) in [6.45, 7) is 4.09. The van der Waals surface area contributed by atoms with Crippen molar-refractivity contribution in [3.8, 4) is 5.75 Å². The minimum Gasteiger partial charge on any atom is -0.492 e. The molecule has 2 aromatic carbocycles. The molecule has 1 saturated heterocycles. The molecule has 26 heavy (non-hydrogen) atoms. The van der Waals surface area contributed by atoms with E-state index >= 15 is 0 Å². The first kappa shape index (κ1) is 18.4. The number of nitrogens with two attached hydrogens (primary N) is 1. The fraction of sp³-hybridized carbons (Fsp3) is 0.381. The summed E-state index contributed by atoms with van der Waals surface area (Å²) in [5.41, 5.74) is 1.68. The molecular weight excluding hydrogens is 328 g/mol. The Labute approximate surface area is 154 Å². The van der Waals surface area contributed by atoms with E-state index in [-0.39, 0.29) is 18.1 Å². The molecule has 1 fully saturated rings. The number of rotatable bonds is 8. The molecule has 2 aromatic rings. The molecule has 1 heterocycles. The third kappa shape index (κ3) is 4.84. The Morgan fingerprint density at radius 2 is 2.00 bits per heavy atom. The predicted octanol–water partition coefficient (Wildman–Crippen LogP) is 2.51. The molecule has 5 heteroatoms. The van der Waals surface area contributed by atoms with Crippen molar-refractivity contribution in [2.45, 2.75) is 31.9 Å². The van der Waals surface area contributed by atoms with Crippen LogP contribution in [0.25, 0.3) is 0 Å². The van der Waals surface area contributed by atoms with Gasteiger partial charge in [-0.3, -0.25) is 4.79 Å². The van der Waals surface area contributed by atoms with E-state index in [4.69, 9.17) is 9.47 Å². The molecule has 1 aliphatic rings. The van der Waals surface area contributed by atoms with Crippen LogP contribution in [-0.2, 0) is 9.53 Å². The molecule has 5 nitrogen and oxygen atoms in total. The van der Waals surface area contributed by atoms with Crippen LogP contribution in [0.15, 0.2) is 54.6 Å². The highest BCUT2D eigenvalue weighted by molar-refractivity contribution is 5.95. The van der Waals surface area contributed by atoms with Gasteiger partial charge >= 0.3 is 0 Å². The summed E-state index contributed by atoms with van der Waals surface area (Å²) in [4.78, 5) is 13.0. The Kier molecular flexibility index (Phi) is 6.63. The van der Waals surface area contributed by atoms with Crippen molar-refractivity contribution < 1.29 is 19.6 Å². The first-order chi connectivity index (χ1) is 12.8. The highest BCUT2D eigenvalue weighted by Gasteiger charge is 2.27. The maximum atomic E-state index is 13.0. The molecule has 0 aromatic heterocycles. The molecule has 3 N–H and O–H groups in total. The van der Waals surface area contributed by atoms with E-state index in [2.05, 4.69) is 10.6 Å². The third-order valence-electron chi connectivity index (χ3n) is 4.54. The number of hydrogen-bond acceptors (Lipinski definition) is 3. The van der Waals surface area contributed by atoms with Crippen LogP contribution in [0.3, 0.4) is 0 Å². The van der Waals surface area contributed by atoms with E-state index in [0.29, 0.717) is 18.0 Å². The normalized spacial score (nSPS) is 17.7. The summed E-state index contributed by atoms with van der Waals surface area (Å²) in [7, 11) is 0. The van der Waals surface area contributed by atoms with Crippen molar-refractivity contribution in [3.05, 3.63) is 60.2 Å². The van der Waals surface area contributed by atoms with Gasteiger partial charge in [-0.05, 0) is 31.9 Å². The summed E-state index contributed by atoms with van der Waals surface area (Å²) < 4.78 is 11.3. The lowest BCUT2D eigenvalue weighted by Gasteiger charge is -2.19. The number of quaternary nitrogens is 1. The first-order valence-corrected chi connectivity index (χ1v) is 9.30. The van der Waals surface area contributed by atoms with E-state index in [1.165, 1.54) is 0 Å². The number of nitrogens with one attached hydrogen (secondary N) is 1. The SMILES string of the molecule is CCOc1ccccc1NC(=O)[C@H]([NH2+]C[C@H]1CCCO1)c1ccccc1. The lowest BCUT2D eigenvalue weighted by atomic mass is 10.1. The van der Waals surface area contributed by atoms with Crippen LogP contribution in [0.4, 0.5) is 5.69 Å². The predicted molar refractivity (Wildman–Crippen MR) is 101 cm³/mol. The lowest BCUT2D eigenvalue weighted by molar-refractivity contribution is -0.687. The first-order valence-electron chi connectivity index (χ1n) is 9.30.